The molecular weight excluding hydrogens is 402 g/mol. The zero-order valence-corrected chi connectivity index (χ0v) is 19.5. The third kappa shape index (κ3) is 6.14. The van der Waals surface area contributed by atoms with E-state index < -0.39 is 0 Å². The van der Waals surface area contributed by atoms with Crippen LogP contribution < -0.4 is 5.32 Å². The van der Waals surface area contributed by atoms with Gasteiger partial charge in [0.2, 0.25) is 5.91 Å². The summed E-state index contributed by atoms with van der Waals surface area (Å²) in [5, 5.41) is 3.48. The molecule has 0 bridgehead atoms. The van der Waals surface area contributed by atoms with Crippen molar-refractivity contribution < 1.29 is 14.3 Å². The first kappa shape index (κ1) is 22.9. The number of nitrogens with one attached hydrogen (secondary N) is 1. The van der Waals surface area contributed by atoms with E-state index in [0.717, 1.165) is 50.5 Å². The number of ether oxygens (including phenoxy) is 2. The summed E-state index contributed by atoms with van der Waals surface area (Å²) < 4.78 is 11.4. The number of carbonyl (C=O) groups excluding carboxylic acids is 1. The van der Waals surface area contributed by atoms with E-state index in [1.165, 1.54) is 5.56 Å². The average Bonchev–Trinajstić information content (AvgIpc) is 3.04. The van der Waals surface area contributed by atoms with Gasteiger partial charge < -0.3 is 19.7 Å². The Morgan fingerprint density at radius 2 is 2.09 bits per heavy atom. The number of likely N-dealkylation sites (tertiary alicyclic amines) is 1. The highest BCUT2D eigenvalue weighted by molar-refractivity contribution is 5.79. The summed E-state index contributed by atoms with van der Waals surface area (Å²) in [6, 6.07) is 10.6. The van der Waals surface area contributed by atoms with Crippen molar-refractivity contribution in [1.82, 2.24) is 15.1 Å². The lowest BCUT2D eigenvalue weighted by Crippen LogP contribution is -2.50. The molecule has 3 aliphatic rings. The van der Waals surface area contributed by atoms with E-state index in [9.17, 15) is 4.79 Å². The number of piperidine rings is 1. The normalized spacial score (nSPS) is 23.8. The van der Waals surface area contributed by atoms with Crippen LogP contribution in [0, 0.1) is 11.8 Å². The Hall–Kier alpha value is -2.31. The van der Waals surface area contributed by atoms with Gasteiger partial charge in [0.15, 0.2) is 5.88 Å². The Morgan fingerprint density at radius 3 is 2.91 bits per heavy atom. The summed E-state index contributed by atoms with van der Waals surface area (Å²) in [6.07, 6.45) is 6.27. The van der Waals surface area contributed by atoms with Crippen LogP contribution >= 0.6 is 0 Å². The van der Waals surface area contributed by atoms with E-state index in [2.05, 4.69) is 71.4 Å². The lowest BCUT2D eigenvalue weighted by atomic mass is 9.95. The fourth-order valence-electron chi connectivity index (χ4n) is 4.79. The molecule has 174 valence electrons. The molecule has 2 atom stereocenters. The molecule has 1 amide bonds. The maximum atomic E-state index is 13.6. The largest absolute Gasteiger partial charge is 0.476 e. The summed E-state index contributed by atoms with van der Waals surface area (Å²) in [6.45, 7) is 10.3. The molecule has 1 saturated heterocycles. The van der Waals surface area contributed by atoms with Crippen molar-refractivity contribution in [2.75, 3.05) is 46.0 Å². The molecule has 0 spiro atoms. The number of hydrogen-bond donors (Lipinski definition) is 1. The molecule has 0 radical (unpaired) electrons. The predicted molar refractivity (Wildman–Crippen MR) is 126 cm³/mol. The molecule has 3 heterocycles. The highest BCUT2D eigenvalue weighted by Gasteiger charge is 2.31. The summed E-state index contributed by atoms with van der Waals surface area (Å²) in [7, 11) is 0. The summed E-state index contributed by atoms with van der Waals surface area (Å²) >= 11 is 0. The van der Waals surface area contributed by atoms with Gasteiger partial charge >= 0.3 is 0 Å². The molecule has 0 saturated carbocycles. The van der Waals surface area contributed by atoms with Crippen molar-refractivity contribution in [3.63, 3.8) is 0 Å². The molecule has 6 nitrogen and oxygen atoms in total. The summed E-state index contributed by atoms with van der Waals surface area (Å²) in [5.74, 6) is 1.58. The molecule has 1 aromatic carbocycles. The van der Waals surface area contributed by atoms with Gasteiger partial charge in [-0.25, -0.2) is 0 Å². The lowest BCUT2D eigenvalue weighted by molar-refractivity contribution is -0.138. The Kier molecular flexibility index (Phi) is 7.87. The average molecular weight is 440 g/mol. The summed E-state index contributed by atoms with van der Waals surface area (Å²) in [4.78, 5) is 18.1. The number of carbonyl (C=O) groups is 1. The van der Waals surface area contributed by atoms with Crippen LogP contribution in [0.25, 0.3) is 0 Å². The van der Waals surface area contributed by atoms with Gasteiger partial charge in [0.1, 0.15) is 6.61 Å². The minimum Gasteiger partial charge on any atom is -0.476 e. The zero-order chi connectivity index (χ0) is 22.3. The van der Waals surface area contributed by atoms with Gasteiger partial charge in [-0.05, 0) is 30.9 Å². The van der Waals surface area contributed by atoms with Gasteiger partial charge in [-0.15, -0.1) is 0 Å². The van der Waals surface area contributed by atoms with Crippen LogP contribution in [0.5, 0.6) is 0 Å². The number of amides is 1. The van der Waals surface area contributed by atoms with Crippen molar-refractivity contribution in [2.24, 2.45) is 11.8 Å². The molecule has 32 heavy (non-hydrogen) atoms. The van der Waals surface area contributed by atoms with E-state index in [0.29, 0.717) is 32.3 Å². The van der Waals surface area contributed by atoms with Gasteiger partial charge in [-0.2, -0.15) is 0 Å². The second-order valence-corrected chi connectivity index (χ2v) is 9.56. The van der Waals surface area contributed by atoms with Crippen molar-refractivity contribution in [1.29, 1.82) is 0 Å². The van der Waals surface area contributed by atoms with Gasteiger partial charge in [-0.3, -0.25) is 9.69 Å². The topological polar surface area (TPSA) is 54.0 Å². The van der Waals surface area contributed by atoms with Gasteiger partial charge in [-0.1, -0.05) is 56.3 Å². The van der Waals surface area contributed by atoms with Crippen LogP contribution in [-0.4, -0.2) is 67.7 Å². The highest BCUT2D eigenvalue weighted by Crippen LogP contribution is 2.23. The number of benzene rings is 1. The lowest BCUT2D eigenvalue weighted by Gasteiger charge is -2.37. The zero-order valence-electron chi connectivity index (χ0n) is 19.5. The van der Waals surface area contributed by atoms with Crippen LogP contribution in [0.3, 0.4) is 0 Å². The van der Waals surface area contributed by atoms with Crippen molar-refractivity contribution in [3.05, 3.63) is 59.5 Å². The first-order chi connectivity index (χ1) is 15.6. The molecule has 6 heteroatoms. The van der Waals surface area contributed by atoms with Crippen molar-refractivity contribution in [3.8, 4) is 0 Å². The van der Waals surface area contributed by atoms with E-state index in [1.807, 2.05) is 0 Å². The smallest absolute Gasteiger partial charge is 0.227 e. The number of rotatable bonds is 7. The molecular formula is C26H37N3O3. The van der Waals surface area contributed by atoms with E-state index >= 15 is 0 Å². The first-order valence-electron chi connectivity index (χ1n) is 12.0. The SMILES string of the molecule is CC(C)CN(CC1C=CC2=C(N1)OCCOC2)C(=O)C1CCCN(Cc2ccccc2)C1. The van der Waals surface area contributed by atoms with Gasteiger partial charge in [0, 0.05) is 31.8 Å². The van der Waals surface area contributed by atoms with Gasteiger partial charge in [0.25, 0.3) is 0 Å². The fourth-order valence-corrected chi connectivity index (χ4v) is 4.79. The molecule has 1 N–H and O–H groups in total. The fraction of sp³-hybridized carbons (Fsp3) is 0.577. The second-order valence-electron chi connectivity index (χ2n) is 9.56. The maximum Gasteiger partial charge on any atom is 0.227 e. The van der Waals surface area contributed by atoms with Crippen molar-refractivity contribution in [2.45, 2.75) is 39.3 Å². The van der Waals surface area contributed by atoms with Crippen LogP contribution in [-0.2, 0) is 20.8 Å². The minimum absolute atomic E-state index is 0.0542. The van der Waals surface area contributed by atoms with Crippen LogP contribution in [0.4, 0.5) is 0 Å². The molecule has 2 unspecified atom stereocenters. The predicted octanol–water partition coefficient (Wildman–Crippen LogP) is 3.17. The molecule has 1 fully saturated rings. The molecule has 4 rings (SSSR count). The van der Waals surface area contributed by atoms with Crippen molar-refractivity contribution >= 4 is 5.91 Å². The Morgan fingerprint density at radius 1 is 1.25 bits per heavy atom. The molecule has 0 aromatic heterocycles. The standard InChI is InChI=1S/C26H37N3O3/c1-20(2)15-29(18-24-11-10-23-19-31-13-14-32-25(23)27-24)26(30)22-9-6-12-28(17-22)16-21-7-4-3-5-8-21/h3-5,7-8,10-11,20,22,24,27H,6,9,12-19H2,1-2H3. The summed E-state index contributed by atoms with van der Waals surface area (Å²) in [5.41, 5.74) is 2.36. The number of nitrogens with zero attached hydrogens (tertiary/aromatic N) is 2. The minimum atomic E-state index is 0.0542. The maximum absolute atomic E-state index is 13.6. The van der Waals surface area contributed by atoms with Crippen LogP contribution in [0.1, 0.15) is 32.3 Å². The number of hydrogen-bond acceptors (Lipinski definition) is 5. The second kappa shape index (κ2) is 11.0. The van der Waals surface area contributed by atoms with Crippen LogP contribution in [0.15, 0.2) is 53.9 Å². The van der Waals surface area contributed by atoms with E-state index in [4.69, 9.17) is 9.47 Å². The Bertz CT molecular complexity index is 821. The van der Waals surface area contributed by atoms with Crippen LogP contribution in [0.2, 0.25) is 0 Å². The number of dihydropyridines is 1. The quantitative estimate of drug-likeness (QED) is 0.707. The van der Waals surface area contributed by atoms with E-state index in [-0.39, 0.29) is 17.9 Å². The monoisotopic (exact) mass is 439 g/mol. The Labute approximate surface area is 192 Å². The third-order valence-electron chi connectivity index (χ3n) is 6.29. The molecule has 3 aliphatic heterocycles. The Balaban J connectivity index is 1.38. The molecule has 0 aliphatic carbocycles. The first-order valence-corrected chi connectivity index (χ1v) is 12.0. The third-order valence-corrected chi connectivity index (χ3v) is 6.29. The highest BCUT2D eigenvalue weighted by atomic mass is 16.5. The molecule has 1 aromatic rings. The van der Waals surface area contributed by atoms with Gasteiger partial charge in [0.05, 0.1) is 25.2 Å². The van der Waals surface area contributed by atoms with E-state index in [1.54, 1.807) is 0 Å².